The highest BCUT2D eigenvalue weighted by Crippen LogP contribution is 2.33. The lowest BCUT2D eigenvalue weighted by Gasteiger charge is -2.22. The number of hydroxylamine groups is 1. The zero-order valence-corrected chi connectivity index (χ0v) is 22.2. The first-order valence-electron chi connectivity index (χ1n) is 10.5. The third-order valence-electron chi connectivity index (χ3n) is 3.95. The van der Waals surface area contributed by atoms with Crippen LogP contribution in [0.1, 0.15) is 0 Å². The van der Waals surface area contributed by atoms with Crippen molar-refractivity contribution in [3.8, 4) is 24.3 Å². The number of likely N-dealkylation sites (N-methyl/N-ethyl adjacent to an activating group) is 1. The van der Waals surface area contributed by atoms with Crippen LogP contribution in [0.25, 0.3) is 0 Å². The van der Waals surface area contributed by atoms with Crippen molar-refractivity contribution in [2.75, 3.05) is 54.1 Å². The molecule has 0 bridgehead atoms. The molecule has 0 fully saturated rings. The summed E-state index contributed by atoms with van der Waals surface area (Å²) in [7, 11) is 5.27. The van der Waals surface area contributed by atoms with Crippen LogP contribution in [0.4, 0.5) is 8.78 Å². The maximum atomic E-state index is 14.4. The van der Waals surface area contributed by atoms with E-state index in [4.69, 9.17) is 21.5 Å². The standard InChI is InChI=1S/C18H20ClF2N3O3S.C4H8O3.C2H2/c1-23(2)7-8-24(11-17(25)22-26)28-14-9-15(20)18(16(21)10-14)27-13-5-3-12(19)4-6-13;1-6-2-3-7-4-5;1-2/h3-6,9-10,26H,7-8,11H2,1-2H3,(H,22,25);4H,2-3H2,1H3;1-2H. The third kappa shape index (κ3) is 15.0. The molecule has 13 heteroatoms. The fourth-order valence-electron chi connectivity index (χ4n) is 2.30. The Labute approximate surface area is 224 Å². The number of amides is 1. The fraction of sp³-hybridized carbons (Fsp3) is 0.333. The molecule has 0 unspecified atom stereocenters. The quantitative estimate of drug-likeness (QED) is 0.0943. The minimum atomic E-state index is -0.878. The van der Waals surface area contributed by atoms with Gasteiger partial charge in [-0.3, -0.25) is 14.8 Å². The van der Waals surface area contributed by atoms with Crippen LogP contribution in [-0.4, -0.2) is 80.8 Å². The van der Waals surface area contributed by atoms with Crippen molar-refractivity contribution >= 4 is 35.9 Å². The van der Waals surface area contributed by atoms with Crippen LogP contribution in [0.15, 0.2) is 41.3 Å². The molecular formula is C24H30ClF2N3O6S. The van der Waals surface area contributed by atoms with Gasteiger partial charge in [-0.05, 0) is 62.4 Å². The van der Waals surface area contributed by atoms with Crippen LogP contribution in [0.5, 0.6) is 11.5 Å². The molecule has 9 nitrogen and oxygen atoms in total. The lowest BCUT2D eigenvalue weighted by molar-refractivity contribution is -0.130. The molecule has 1 amide bonds. The number of hydrogen-bond acceptors (Lipinski definition) is 9. The number of halogens is 3. The number of carbonyl (C=O) groups is 2. The smallest absolute Gasteiger partial charge is 0.293 e. The molecule has 0 saturated heterocycles. The summed E-state index contributed by atoms with van der Waals surface area (Å²) in [5.74, 6) is -2.67. The van der Waals surface area contributed by atoms with E-state index < -0.39 is 23.3 Å². The Morgan fingerprint density at radius 1 is 1.14 bits per heavy atom. The summed E-state index contributed by atoms with van der Waals surface area (Å²) in [6, 6.07) is 8.34. The Kier molecular flexibility index (Phi) is 18.6. The molecule has 0 aliphatic heterocycles. The van der Waals surface area contributed by atoms with E-state index in [9.17, 15) is 18.4 Å². The lowest BCUT2D eigenvalue weighted by atomic mass is 10.3. The minimum absolute atomic E-state index is 0.152. The SMILES string of the molecule is C#C.CN(C)CCN(CC(=O)NO)Sc1cc(F)c(Oc2ccc(Cl)cc2)c(F)c1.COCCOC=O. The number of nitrogens with one attached hydrogen (secondary N) is 1. The fourth-order valence-corrected chi connectivity index (χ4v) is 3.39. The van der Waals surface area contributed by atoms with Crippen LogP contribution >= 0.6 is 23.5 Å². The van der Waals surface area contributed by atoms with Crippen LogP contribution < -0.4 is 10.2 Å². The van der Waals surface area contributed by atoms with Crippen LogP contribution in [0, 0.1) is 24.5 Å². The molecule has 2 aromatic carbocycles. The van der Waals surface area contributed by atoms with Crippen LogP contribution in [-0.2, 0) is 19.1 Å². The van der Waals surface area contributed by atoms with Crippen molar-refractivity contribution in [3.05, 3.63) is 53.1 Å². The van der Waals surface area contributed by atoms with Gasteiger partial charge in [0.2, 0.25) is 0 Å². The number of carbonyl (C=O) groups excluding carboxylic acids is 2. The first-order chi connectivity index (χ1) is 17.7. The third-order valence-corrected chi connectivity index (χ3v) is 5.22. The number of hydrogen-bond donors (Lipinski definition) is 2. The van der Waals surface area contributed by atoms with E-state index in [1.54, 1.807) is 29.0 Å². The normalized spacial score (nSPS) is 10.0. The number of rotatable bonds is 13. The van der Waals surface area contributed by atoms with Gasteiger partial charge in [0.15, 0.2) is 17.4 Å². The van der Waals surface area contributed by atoms with Crippen molar-refractivity contribution in [2.45, 2.75) is 4.90 Å². The maximum absolute atomic E-state index is 14.4. The summed E-state index contributed by atoms with van der Waals surface area (Å²) in [6.07, 6.45) is 8.00. The molecule has 2 rings (SSSR count). The predicted octanol–water partition coefficient (Wildman–Crippen LogP) is 3.84. The largest absolute Gasteiger partial charge is 0.465 e. The van der Waals surface area contributed by atoms with Crippen LogP contribution in [0.3, 0.4) is 0 Å². The zero-order valence-electron chi connectivity index (χ0n) is 20.7. The molecule has 37 heavy (non-hydrogen) atoms. The maximum Gasteiger partial charge on any atom is 0.293 e. The van der Waals surface area contributed by atoms with E-state index in [-0.39, 0.29) is 17.2 Å². The van der Waals surface area contributed by atoms with E-state index in [2.05, 4.69) is 22.3 Å². The number of methoxy groups -OCH3 is 1. The van der Waals surface area contributed by atoms with Gasteiger partial charge in [-0.25, -0.2) is 18.6 Å². The molecule has 0 spiro atoms. The van der Waals surface area contributed by atoms with Gasteiger partial charge in [-0.15, -0.1) is 12.8 Å². The molecule has 204 valence electrons. The van der Waals surface area contributed by atoms with Gasteiger partial charge < -0.3 is 19.1 Å². The number of nitrogens with zero attached hydrogens (tertiary/aromatic N) is 2. The molecule has 0 saturated carbocycles. The van der Waals surface area contributed by atoms with Crippen molar-refractivity contribution in [2.24, 2.45) is 0 Å². The summed E-state index contributed by atoms with van der Waals surface area (Å²) < 4.78 is 44.5. The average Bonchev–Trinajstić information content (AvgIpc) is 2.87. The zero-order chi connectivity index (χ0) is 28.2. The van der Waals surface area contributed by atoms with Crippen molar-refractivity contribution in [1.29, 1.82) is 0 Å². The van der Waals surface area contributed by atoms with Gasteiger partial charge in [-0.2, -0.15) is 0 Å². The Morgan fingerprint density at radius 2 is 1.73 bits per heavy atom. The average molecular weight is 562 g/mol. The van der Waals surface area contributed by atoms with Crippen molar-refractivity contribution < 1.29 is 37.8 Å². The van der Waals surface area contributed by atoms with Crippen molar-refractivity contribution in [1.82, 2.24) is 14.7 Å². The lowest BCUT2D eigenvalue weighted by Crippen LogP contribution is -2.35. The molecule has 0 heterocycles. The summed E-state index contributed by atoms with van der Waals surface area (Å²) in [6.45, 7) is 2.10. The molecule has 2 N–H and O–H groups in total. The molecule has 0 aliphatic rings. The number of terminal acetylenes is 1. The van der Waals surface area contributed by atoms with Gasteiger partial charge in [0, 0.05) is 30.1 Å². The topological polar surface area (TPSA) is 101 Å². The van der Waals surface area contributed by atoms with E-state index in [0.29, 0.717) is 37.8 Å². The van der Waals surface area contributed by atoms with Gasteiger partial charge in [0.25, 0.3) is 12.4 Å². The van der Waals surface area contributed by atoms with Gasteiger partial charge >= 0.3 is 0 Å². The van der Waals surface area contributed by atoms with E-state index in [0.717, 1.165) is 24.1 Å². The molecule has 0 atom stereocenters. The summed E-state index contributed by atoms with van der Waals surface area (Å²) in [5, 5.41) is 9.20. The second-order valence-corrected chi connectivity index (χ2v) is 8.63. The highest BCUT2D eigenvalue weighted by atomic mass is 35.5. The Morgan fingerprint density at radius 3 is 2.22 bits per heavy atom. The molecule has 0 aliphatic carbocycles. The minimum Gasteiger partial charge on any atom is -0.465 e. The molecule has 2 aromatic rings. The predicted molar refractivity (Wildman–Crippen MR) is 138 cm³/mol. The van der Waals surface area contributed by atoms with E-state index >= 15 is 0 Å². The molecular weight excluding hydrogens is 532 g/mol. The Bertz CT molecular complexity index is 944. The summed E-state index contributed by atoms with van der Waals surface area (Å²) in [4.78, 5) is 23.0. The molecule has 0 radical (unpaired) electrons. The number of benzene rings is 2. The summed E-state index contributed by atoms with van der Waals surface area (Å²) >= 11 is 6.78. The highest BCUT2D eigenvalue weighted by Gasteiger charge is 2.18. The Balaban J connectivity index is 0.00000124. The molecule has 0 aromatic heterocycles. The van der Waals surface area contributed by atoms with Gasteiger partial charge in [0.1, 0.15) is 12.4 Å². The second kappa shape index (κ2) is 20.2. The van der Waals surface area contributed by atoms with Crippen molar-refractivity contribution in [3.63, 3.8) is 0 Å². The first-order valence-corrected chi connectivity index (χ1v) is 11.7. The van der Waals surface area contributed by atoms with Crippen LogP contribution in [0.2, 0.25) is 5.02 Å². The van der Waals surface area contributed by atoms with Gasteiger partial charge in [-0.1, -0.05) is 11.6 Å². The number of ether oxygens (including phenoxy) is 3. The summed E-state index contributed by atoms with van der Waals surface area (Å²) in [5.41, 5.74) is 1.55. The second-order valence-electron chi connectivity index (χ2n) is 7.02. The Hall–Kier alpha value is -2.92. The van der Waals surface area contributed by atoms with Gasteiger partial charge in [0.05, 0.1) is 13.2 Å². The van der Waals surface area contributed by atoms with E-state index in [1.165, 1.54) is 12.1 Å². The monoisotopic (exact) mass is 561 g/mol. The van der Waals surface area contributed by atoms with E-state index in [1.807, 2.05) is 19.0 Å². The highest BCUT2D eigenvalue weighted by molar-refractivity contribution is 7.97. The first kappa shape index (κ1) is 34.1.